The van der Waals surface area contributed by atoms with Gasteiger partial charge in [-0.15, -0.1) is 0 Å². The molecule has 21 heavy (non-hydrogen) atoms. The van der Waals surface area contributed by atoms with E-state index in [1.807, 2.05) is 0 Å². The van der Waals surface area contributed by atoms with E-state index in [-0.39, 0.29) is 11.1 Å². The smallest absolute Gasteiger partial charge is 0.0710 e. The van der Waals surface area contributed by atoms with E-state index in [0.717, 1.165) is 19.6 Å². The summed E-state index contributed by atoms with van der Waals surface area (Å²) in [5, 5.41) is 0. The van der Waals surface area contributed by atoms with Gasteiger partial charge >= 0.3 is 0 Å². The van der Waals surface area contributed by atoms with E-state index in [0.29, 0.717) is 6.10 Å². The molecule has 2 aliphatic carbocycles. The first-order chi connectivity index (χ1) is 10.2. The monoisotopic (exact) mass is 294 g/mol. The lowest BCUT2D eigenvalue weighted by Gasteiger charge is -2.42. The number of ether oxygens (including phenoxy) is 1. The number of hydrogen-bond donors (Lipinski definition) is 1. The molecule has 2 N–H and O–H groups in total. The summed E-state index contributed by atoms with van der Waals surface area (Å²) < 4.78 is 6.59. The van der Waals surface area contributed by atoms with Gasteiger partial charge in [0.25, 0.3) is 0 Å². The minimum absolute atomic E-state index is 0.258. The second-order valence-electron chi connectivity index (χ2n) is 7.70. The van der Waals surface area contributed by atoms with Crippen molar-refractivity contribution in [2.24, 2.45) is 5.73 Å². The van der Waals surface area contributed by atoms with Crippen molar-refractivity contribution in [2.45, 2.75) is 94.8 Å². The Balaban J connectivity index is 1.60. The molecule has 1 spiro atoms. The average molecular weight is 294 g/mol. The van der Waals surface area contributed by atoms with Gasteiger partial charge in [-0.1, -0.05) is 39.0 Å². The Bertz CT molecular complexity index is 332. The van der Waals surface area contributed by atoms with Crippen molar-refractivity contribution in [1.29, 1.82) is 0 Å². The predicted octanol–water partition coefficient (Wildman–Crippen LogP) is 3.46. The molecule has 1 unspecified atom stereocenters. The lowest BCUT2D eigenvalue weighted by molar-refractivity contribution is -0.0801. The van der Waals surface area contributed by atoms with Crippen LogP contribution < -0.4 is 5.73 Å². The number of nitrogens with zero attached hydrogens (tertiary/aromatic N) is 1. The van der Waals surface area contributed by atoms with Crippen LogP contribution in [-0.2, 0) is 4.74 Å². The highest BCUT2D eigenvalue weighted by atomic mass is 16.5. The molecular formula is C18H34N2O. The van der Waals surface area contributed by atoms with Crippen LogP contribution in [0.1, 0.15) is 77.6 Å². The molecular weight excluding hydrogens is 260 g/mol. The summed E-state index contributed by atoms with van der Waals surface area (Å²) in [6, 6.07) is 0. The normalized spacial score (nSPS) is 31.3. The van der Waals surface area contributed by atoms with E-state index in [2.05, 4.69) is 11.8 Å². The summed E-state index contributed by atoms with van der Waals surface area (Å²) >= 11 is 0. The van der Waals surface area contributed by atoms with Gasteiger partial charge in [0.15, 0.2) is 0 Å². The van der Waals surface area contributed by atoms with Crippen molar-refractivity contribution < 1.29 is 4.74 Å². The zero-order valence-corrected chi connectivity index (χ0v) is 13.9. The summed E-state index contributed by atoms with van der Waals surface area (Å²) in [5.74, 6) is 0. The maximum absolute atomic E-state index is 6.59. The first-order valence-corrected chi connectivity index (χ1v) is 9.35. The molecule has 1 saturated heterocycles. The van der Waals surface area contributed by atoms with E-state index in [4.69, 9.17) is 10.5 Å². The van der Waals surface area contributed by atoms with Gasteiger partial charge in [0, 0.05) is 18.6 Å². The molecule has 0 amide bonds. The van der Waals surface area contributed by atoms with Gasteiger partial charge in [-0.2, -0.15) is 0 Å². The van der Waals surface area contributed by atoms with Crippen molar-refractivity contribution in [3.8, 4) is 0 Å². The Kier molecular flexibility index (Phi) is 4.92. The molecule has 3 rings (SSSR count). The van der Waals surface area contributed by atoms with Gasteiger partial charge < -0.3 is 10.5 Å². The summed E-state index contributed by atoms with van der Waals surface area (Å²) in [5.41, 5.74) is 6.71. The van der Waals surface area contributed by atoms with Crippen LogP contribution in [0.3, 0.4) is 0 Å². The van der Waals surface area contributed by atoms with Crippen LogP contribution in [0, 0.1) is 0 Å². The standard InChI is InChI=1S/C18H34N2O/c1-2-20(17(15-19)9-6-7-10-17)14-16-8-13-18(21-16)11-4-3-5-12-18/h16H,2-15,19H2,1H3. The zero-order valence-electron chi connectivity index (χ0n) is 13.9. The zero-order chi connectivity index (χ0) is 14.8. The van der Waals surface area contributed by atoms with E-state index in [1.165, 1.54) is 70.6 Å². The molecule has 0 bridgehead atoms. The number of nitrogens with two attached hydrogens (primary N) is 1. The van der Waals surface area contributed by atoms with E-state index in [1.54, 1.807) is 0 Å². The highest BCUT2D eigenvalue weighted by Gasteiger charge is 2.44. The molecule has 1 atom stereocenters. The van der Waals surface area contributed by atoms with Crippen molar-refractivity contribution in [3.05, 3.63) is 0 Å². The molecule has 1 heterocycles. The number of likely N-dealkylation sites (N-methyl/N-ethyl adjacent to an activating group) is 1. The topological polar surface area (TPSA) is 38.5 Å². The van der Waals surface area contributed by atoms with Crippen LogP contribution in [0.4, 0.5) is 0 Å². The van der Waals surface area contributed by atoms with Crippen molar-refractivity contribution in [3.63, 3.8) is 0 Å². The highest BCUT2D eigenvalue weighted by Crippen LogP contribution is 2.43. The Labute approximate surface area is 130 Å². The molecule has 0 aromatic rings. The van der Waals surface area contributed by atoms with Crippen LogP contribution in [0.2, 0.25) is 0 Å². The van der Waals surface area contributed by atoms with E-state index in [9.17, 15) is 0 Å². The minimum atomic E-state index is 0.258. The SMILES string of the molecule is CCN(CC1CCC2(CCCCC2)O1)C1(CN)CCCC1. The Morgan fingerprint density at radius 3 is 2.29 bits per heavy atom. The molecule has 122 valence electrons. The number of rotatable bonds is 5. The Morgan fingerprint density at radius 1 is 1.00 bits per heavy atom. The van der Waals surface area contributed by atoms with Crippen LogP contribution in [-0.4, -0.2) is 41.8 Å². The Hall–Kier alpha value is -0.120. The predicted molar refractivity (Wildman–Crippen MR) is 87.4 cm³/mol. The van der Waals surface area contributed by atoms with Gasteiger partial charge in [0.1, 0.15) is 0 Å². The van der Waals surface area contributed by atoms with Crippen LogP contribution in [0.25, 0.3) is 0 Å². The molecule has 1 aliphatic heterocycles. The van der Waals surface area contributed by atoms with Crippen molar-refractivity contribution in [1.82, 2.24) is 4.90 Å². The summed E-state index contributed by atoms with van der Waals surface area (Å²) in [6.07, 6.45) is 15.0. The molecule has 0 aromatic heterocycles. The van der Waals surface area contributed by atoms with E-state index < -0.39 is 0 Å². The average Bonchev–Trinajstić information content (AvgIpc) is 3.14. The van der Waals surface area contributed by atoms with Crippen molar-refractivity contribution >= 4 is 0 Å². The molecule has 3 heteroatoms. The molecule has 3 fully saturated rings. The van der Waals surface area contributed by atoms with Gasteiger partial charge in [-0.05, 0) is 45.1 Å². The van der Waals surface area contributed by atoms with Crippen LogP contribution in [0.5, 0.6) is 0 Å². The second-order valence-corrected chi connectivity index (χ2v) is 7.70. The fraction of sp³-hybridized carbons (Fsp3) is 1.00. The molecule has 0 aromatic carbocycles. The molecule has 3 nitrogen and oxygen atoms in total. The largest absolute Gasteiger partial charge is 0.370 e. The minimum Gasteiger partial charge on any atom is -0.370 e. The summed E-state index contributed by atoms with van der Waals surface area (Å²) in [4.78, 5) is 2.66. The third-order valence-corrected chi connectivity index (χ3v) is 6.49. The molecule has 2 saturated carbocycles. The quantitative estimate of drug-likeness (QED) is 0.844. The lowest BCUT2D eigenvalue weighted by atomic mass is 9.83. The molecule has 0 radical (unpaired) electrons. The van der Waals surface area contributed by atoms with E-state index >= 15 is 0 Å². The number of hydrogen-bond acceptors (Lipinski definition) is 3. The second kappa shape index (κ2) is 6.55. The third kappa shape index (κ3) is 3.16. The Morgan fingerprint density at radius 2 is 1.67 bits per heavy atom. The fourth-order valence-electron chi connectivity index (χ4n) is 5.17. The first kappa shape index (κ1) is 15.8. The maximum Gasteiger partial charge on any atom is 0.0710 e. The van der Waals surface area contributed by atoms with Gasteiger partial charge in [0.05, 0.1) is 11.7 Å². The van der Waals surface area contributed by atoms with Crippen LogP contribution >= 0.6 is 0 Å². The fourth-order valence-corrected chi connectivity index (χ4v) is 5.17. The summed E-state index contributed by atoms with van der Waals surface area (Å²) in [7, 11) is 0. The third-order valence-electron chi connectivity index (χ3n) is 6.49. The maximum atomic E-state index is 6.59. The van der Waals surface area contributed by atoms with Gasteiger partial charge in [0.2, 0.25) is 0 Å². The first-order valence-electron chi connectivity index (χ1n) is 9.35. The van der Waals surface area contributed by atoms with Gasteiger partial charge in [-0.25, -0.2) is 0 Å². The molecule has 3 aliphatic rings. The lowest BCUT2D eigenvalue weighted by Crippen LogP contribution is -2.54. The van der Waals surface area contributed by atoms with Crippen molar-refractivity contribution in [2.75, 3.05) is 19.6 Å². The summed E-state index contributed by atoms with van der Waals surface area (Å²) in [6.45, 7) is 5.33. The van der Waals surface area contributed by atoms with Gasteiger partial charge in [-0.3, -0.25) is 4.90 Å². The van der Waals surface area contributed by atoms with Crippen LogP contribution in [0.15, 0.2) is 0 Å². The highest BCUT2D eigenvalue weighted by molar-refractivity contribution is 4.98.